The molecule has 0 aliphatic heterocycles. The molecule has 0 bridgehead atoms. The van der Waals surface area contributed by atoms with Crippen LogP contribution in [0.15, 0.2) is 53.6 Å². The number of hydrogen-bond acceptors (Lipinski definition) is 4. The number of ether oxygens (including phenoxy) is 2. The summed E-state index contributed by atoms with van der Waals surface area (Å²) in [5, 5.41) is 4.43. The first-order valence-electron chi connectivity index (χ1n) is 7.10. The lowest BCUT2D eigenvalue weighted by Crippen LogP contribution is -2.24. The van der Waals surface area contributed by atoms with Gasteiger partial charge in [-0.3, -0.25) is 4.79 Å². The molecular weight excluding hydrogens is 316 g/mol. The van der Waals surface area contributed by atoms with Crippen molar-refractivity contribution in [3.05, 3.63) is 59.1 Å². The van der Waals surface area contributed by atoms with Gasteiger partial charge in [0, 0.05) is 5.02 Å². The summed E-state index contributed by atoms with van der Waals surface area (Å²) in [7, 11) is 0. The molecule has 0 spiro atoms. The monoisotopic (exact) mass is 332 g/mol. The van der Waals surface area contributed by atoms with E-state index in [0.717, 1.165) is 11.3 Å². The van der Waals surface area contributed by atoms with Gasteiger partial charge in [0.1, 0.15) is 11.5 Å². The van der Waals surface area contributed by atoms with Crippen molar-refractivity contribution in [2.75, 3.05) is 13.2 Å². The maximum Gasteiger partial charge on any atom is 0.277 e. The first-order valence-corrected chi connectivity index (χ1v) is 7.48. The third-order valence-corrected chi connectivity index (χ3v) is 3.00. The van der Waals surface area contributed by atoms with Crippen molar-refractivity contribution in [1.29, 1.82) is 0 Å². The molecule has 0 saturated heterocycles. The van der Waals surface area contributed by atoms with Crippen LogP contribution in [-0.4, -0.2) is 25.3 Å². The molecule has 2 rings (SSSR count). The third kappa shape index (κ3) is 6.00. The van der Waals surface area contributed by atoms with Crippen LogP contribution in [0, 0.1) is 0 Å². The predicted molar refractivity (Wildman–Crippen MR) is 90.3 cm³/mol. The Morgan fingerprint density at radius 3 is 2.65 bits per heavy atom. The van der Waals surface area contributed by atoms with E-state index in [9.17, 15) is 4.79 Å². The van der Waals surface area contributed by atoms with Crippen LogP contribution in [-0.2, 0) is 4.79 Å². The van der Waals surface area contributed by atoms with E-state index in [1.807, 2.05) is 31.2 Å². The molecule has 120 valence electrons. The van der Waals surface area contributed by atoms with E-state index in [2.05, 4.69) is 10.5 Å². The first-order chi connectivity index (χ1) is 11.2. The summed E-state index contributed by atoms with van der Waals surface area (Å²) in [5.41, 5.74) is 3.25. The standard InChI is InChI=1S/C17H17ClN2O3/c1-2-22-15-8-6-13(7-9-15)11-19-20-17(21)12-23-16-5-3-4-14(18)10-16/h3-11H,2,12H2,1H3,(H,20,21). The number of carbonyl (C=O) groups excluding carboxylic acids is 1. The SMILES string of the molecule is CCOc1ccc(C=NNC(=O)COc2cccc(Cl)c2)cc1. The molecule has 0 heterocycles. The molecule has 2 aromatic carbocycles. The second-order valence-corrected chi connectivity index (χ2v) is 4.98. The van der Waals surface area contributed by atoms with Gasteiger partial charge in [-0.1, -0.05) is 17.7 Å². The van der Waals surface area contributed by atoms with Gasteiger partial charge in [0.15, 0.2) is 6.61 Å². The summed E-state index contributed by atoms with van der Waals surface area (Å²) in [6.07, 6.45) is 1.55. The highest BCUT2D eigenvalue weighted by Gasteiger charge is 2.01. The molecule has 0 fully saturated rings. The van der Waals surface area contributed by atoms with Crippen LogP contribution in [0.5, 0.6) is 11.5 Å². The zero-order chi connectivity index (χ0) is 16.5. The van der Waals surface area contributed by atoms with E-state index >= 15 is 0 Å². The minimum absolute atomic E-state index is 0.138. The van der Waals surface area contributed by atoms with Crippen LogP contribution in [0.1, 0.15) is 12.5 Å². The molecule has 5 nitrogen and oxygen atoms in total. The minimum Gasteiger partial charge on any atom is -0.494 e. The second-order valence-electron chi connectivity index (χ2n) is 4.54. The van der Waals surface area contributed by atoms with Gasteiger partial charge < -0.3 is 9.47 Å². The lowest BCUT2D eigenvalue weighted by atomic mass is 10.2. The van der Waals surface area contributed by atoms with Gasteiger partial charge in [-0.05, 0) is 55.0 Å². The van der Waals surface area contributed by atoms with Crippen molar-refractivity contribution < 1.29 is 14.3 Å². The molecule has 0 saturated carbocycles. The number of benzene rings is 2. The maximum atomic E-state index is 11.6. The van der Waals surface area contributed by atoms with Crippen LogP contribution in [0.4, 0.5) is 0 Å². The zero-order valence-electron chi connectivity index (χ0n) is 12.7. The number of hydrazone groups is 1. The van der Waals surface area contributed by atoms with E-state index in [-0.39, 0.29) is 12.5 Å². The Hall–Kier alpha value is -2.53. The van der Waals surface area contributed by atoms with Crippen molar-refractivity contribution in [2.24, 2.45) is 5.10 Å². The van der Waals surface area contributed by atoms with Gasteiger partial charge >= 0.3 is 0 Å². The molecule has 1 amide bonds. The topological polar surface area (TPSA) is 59.9 Å². The highest BCUT2D eigenvalue weighted by molar-refractivity contribution is 6.30. The summed E-state index contributed by atoms with van der Waals surface area (Å²) in [6, 6.07) is 14.2. The molecule has 6 heteroatoms. The van der Waals surface area contributed by atoms with Crippen LogP contribution in [0.25, 0.3) is 0 Å². The Morgan fingerprint density at radius 1 is 1.17 bits per heavy atom. The highest BCUT2D eigenvalue weighted by atomic mass is 35.5. The van der Waals surface area contributed by atoms with Gasteiger partial charge in [-0.2, -0.15) is 5.10 Å². The van der Waals surface area contributed by atoms with E-state index in [0.29, 0.717) is 17.4 Å². The number of amides is 1. The summed E-state index contributed by atoms with van der Waals surface area (Å²) >= 11 is 5.83. The number of carbonyl (C=O) groups is 1. The van der Waals surface area contributed by atoms with Crippen molar-refractivity contribution in [1.82, 2.24) is 5.43 Å². The fourth-order valence-electron chi connectivity index (χ4n) is 1.73. The molecule has 0 unspecified atom stereocenters. The Bertz CT molecular complexity index is 672. The fraction of sp³-hybridized carbons (Fsp3) is 0.176. The number of nitrogens with one attached hydrogen (secondary N) is 1. The van der Waals surface area contributed by atoms with E-state index in [1.54, 1.807) is 30.5 Å². The molecule has 0 aliphatic carbocycles. The summed E-state index contributed by atoms with van der Waals surface area (Å²) in [6.45, 7) is 2.41. The fourth-order valence-corrected chi connectivity index (χ4v) is 1.91. The number of rotatable bonds is 7. The molecule has 23 heavy (non-hydrogen) atoms. The molecule has 1 N–H and O–H groups in total. The largest absolute Gasteiger partial charge is 0.494 e. The van der Waals surface area contributed by atoms with Gasteiger partial charge in [0.05, 0.1) is 12.8 Å². The van der Waals surface area contributed by atoms with Gasteiger partial charge in [-0.25, -0.2) is 5.43 Å². The summed E-state index contributed by atoms with van der Waals surface area (Å²) < 4.78 is 10.7. The van der Waals surface area contributed by atoms with Gasteiger partial charge in [0.25, 0.3) is 5.91 Å². The van der Waals surface area contributed by atoms with Gasteiger partial charge in [-0.15, -0.1) is 0 Å². The number of halogens is 1. The summed E-state index contributed by atoms with van der Waals surface area (Å²) in [4.78, 5) is 11.6. The Kier molecular flexibility index (Phi) is 6.44. The number of hydrogen-bond donors (Lipinski definition) is 1. The van der Waals surface area contributed by atoms with Crippen LogP contribution in [0.3, 0.4) is 0 Å². The van der Waals surface area contributed by atoms with E-state index in [4.69, 9.17) is 21.1 Å². The predicted octanol–water partition coefficient (Wildman–Crippen LogP) is 3.27. The molecule has 0 aromatic heterocycles. The molecular formula is C17H17ClN2O3. The lowest BCUT2D eigenvalue weighted by Gasteiger charge is -2.05. The van der Waals surface area contributed by atoms with E-state index < -0.39 is 0 Å². The van der Waals surface area contributed by atoms with Crippen molar-refractivity contribution in [3.8, 4) is 11.5 Å². The smallest absolute Gasteiger partial charge is 0.277 e. The maximum absolute atomic E-state index is 11.6. The van der Waals surface area contributed by atoms with E-state index in [1.165, 1.54) is 0 Å². The van der Waals surface area contributed by atoms with Crippen molar-refractivity contribution >= 4 is 23.7 Å². The summed E-state index contributed by atoms with van der Waals surface area (Å²) in [5.74, 6) is 0.971. The average molecular weight is 333 g/mol. The minimum atomic E-state index is -0.354. The average Bonchev–Trinajstić information content (AvgIpc) is 2.55. The molecule has 0 radical (unpaired) electrons. The first kappa shape index (κ1) is 16.8. The Balaban J connectivity index is 1.77. The molecule has 0 atom stereocenters. The Labute approximate surface area is 139 Å². The zero-order valence-corrected chi connectivity index (χ0v) is 13.4. The Morgan fingerprint density at radius 2 is 1.96 bits per heavy atom. The highest BCUT2D eigenvalue weighted by Crippen LogP contribution is 2.16. The molecule has 0 aliphatic rings. The lowest BCUT2D eigenvalue weighted by molar-refractivity contribution is -0.123. The van der Waals surface area contributed by atoms with Gasteiger partial charge in [0.2, 0.25) is 0 Å². The molecule has 2 aromatic rings. The van der Waals surface area contributed by atoms with Crippen LogP contribution < -0.4 is 14.9 Å². The normalized spacial score (nSPS) is 10.5. The quantitative estimate of drug-likeness (QED) is 0.625. The van der Waals surface area contributed by atoms with Crippen molar-refractivity contribution in [2.45, 2.75) is 6.92 Å². The third-order valence-electron chi connectivity index (χ3n) is 2.76. The van der Waals surface area contributed by atoms with Crippen LogP contribution in [0.2, 0.25) is 5.02 Å². The number of nitrogens with zero attached hydrogens (tertiary/aromatic N) is 1. The van der Waals surface area contributed by atoms with Crippen molar-refractivity contribution in [3.63, 3.8) is 0 Å². The van der Waals surface area contributed by atoms with Crippen LogP contribution >= 0.6 is 11.6 Å². The second kappa shape index (κ2) is 8.80.